The predicted octanol–water partition coefficient (Wildman–Crippen LogP) is 3.28. The lowest BCUT2D eigenvalue weighted by Crippen LogP contribution is -2.48. The van der Waals surface area contributed by atoms with Crippen LogP contribution >= 0.6 is 0 Å². The van der Waals surface area contributed by atoms with Crippen molar-refractivity contribution in [1.29, 1.82) is 0 Å². The van der Waals surface area contributed by atoms with Crippen LogP contribution in [0.15, 0.2) is 24.3 Å². The Hall–Kier alpha value is -2.04. The normalized spacial score (nSPS) is 24.1. The average molecular weight is 317 g/mol. The number of carbonyl (C=O) groups is 2. The Labute approximate surface area is 136 Å². The number of Topliss-reactive ketones (excluding diaryl/α,β-unsaturated/α-hetero) is 1. The number of hydrogen-bond acceptors (Lipinski definition) is 4. The van der Waals surface area contributed by atoms with Gasteiger partial charge in [-0.3, -0.25) is 4.79 Å². The van der Waals surface area contributed by atoms with E-state index in [1.54, 1.807) is 11.0 Å². The summed E-state index contributed by atoms with van der Waals surface area (Å²) in [6.07, 6.45) is 1.35. The van der Waals surface area contributed by atoms with Gasteiger partial charge >= 0.3 is 6.09 Å². The van der Waals surface area contributed by atoms with Crippen LogP contribution in [0, 0.1) is 5.92 Å². The first-order chi connectivity index (χ1) is 10.9. The van der Waals surface area contributed by atoms with Crippen LogP contribution in [0.3, 0.4) is 0 Å². The van der Waals surface area contributed by atoms with Gasteiger partial charge in [-0.15, -0.1) is 0 Å². The summed E-state index contributed by atoms with van der Waals surface area (Å²) in [4.78, 5) is 26.9. The van der Waals surface area contributed by atoms with Crippen molar-refractivity contribution in [2.24, 2.45) is 5.92 Å². The predicted molar refractivity (Wildman–Crippen MR) is 85.7 cm³/mol. The van der Waals surface area contributed by atoms with Gasteiger partial charge in [0.2, 0.25) is 0 Å². The maximum absolute atomic E-state index is 12.8. The standard InChI is InChI=1S/C18H23NO4/c1-18(2,3)23-17(21)19-10-6-8-14(19)13-11-22-15-9-5-4-7-12(15)16(13)20/h4-5,7,9,13-14H,6,8,10-11H2,1-3H3/t13-,14+/m0/s1. The summed E-state index contributed by atoms with van der Waals surface area (Å²) in [7, 11) is 0. The molecule has 0 aliphatic carbocycles. The molecule has 5 heteroatoms. The Morgan fingerprint density at radius 1 is 1.30 bits per heavy atom. The first-order valence-corrected chi connectivity index (χ1v) is 8.12. The number of carbonyl (C=O) groups excluding carboxylic acids is 2. The van der Waals surface area contributed by atoms with E-state index in [-0.39, 0.29) is 23.8 Å². The number of likely N-dealkylation sites (tertiary alicyclic amines) is 1. The number of nitrogens with zero attached hydrogens (tertiary/aromatic N) is 1. The molecule has 3 rings (SSSR count). The quantitative estimate of drug-likeness (QED) is 0.797. The van der Waals surface area contributed by atoms with Gasteiger partial charge in [-0.05, 0) is 45.7 Å². The number of ether oxygens (including phenoxy) is 2. The van der Waals surface area contributed by atoms with E-state index in [1.807, 2.05) is 39.0 Å². The van der Waals surface area contributed by atoms with Crippen LogP contribution in [-0.2, 0) is 4.74 Å². The van der Waals surface area contributed by atoms with E-state index >= 15 is 0 Å². The molecule has 1 saturated heterocycles. The fraction of sp³-hybridized carbons (Fsp3) is 0.556. The van der Waals surface area contributed by atoms with Crippen molar-refractivity contribution >= 4 is 11.9 Å². The number of hydrogen-bond donors (Lipinski definition) is 0. The van der Waals surface area contributed by atoms with Gasteiger partial charge in [0.1, 0.15) is 18.0 Å². The number of fused-ring (bicyclic) bond motifs is 1. The molecule has 2 heterocycles. The second-order valence-corrected chi connectivity index (χ2v) is 7.16. The van der Waals surface area contributed by atoms with Gasteiger partial charge in [0.25, 0.3) is 0 Å². The fourth-order valence-electron chi connectivity index (χ4n) is 3.29. The van der Waals surface area contributed by atoms with Crippen molar-refractivity contribution in [2.75, 3.05) is 13.2 Å². The van der Waals surface area contributed by atoms with Gasteiger partial charge in [0.05, 0.1) is 11.5 Å². The van der Waals surface area contributed by atoms with Crippen LogP contribution in [0.1, 0.15) is 44.0 Å². The maximum Gasteiger partial charge on any atom is 0.410 e. The number of amides is 1. The van der Waals surface area contributed by atoms with Gasteiger partial charge < -0.3 is 14.4 Å². The second kappa shape index (κ2) is 5.87. The molecule has 5 nitrogen and oxygen atoms in total. The highest BCUT2D eigenvalue weighted by Gasteiger charge is 2.42. The van der Waals surface area contributed by atoms with Gasteiger partial charge in [-0.1, -0.05) is 12.1 Å². The summed E-state index contributed by atoms with van der Waals surface area (Å²) in [5.41, 5.74) is 0.0731. The summed E-state index contributed by atoms with van der Waals surface area (Å²) in [6, 6.07) is 7.14. The summed E-state index contributed by atoms with van der Waals surface area (Å²) in [6.45, 7) is 6.49. The van der Waals surface area contributed by atoms with Gasteiger partial charge in [-0.2, -0.15) is 0 Å². The first-order valence-electron chi connectivity index (χ1n) is 8.12. The van der Waals surface area contributed by atoms with Crippen molar-refractivity contribution in [3.63, 3.8) is 0 Å². The summed E-state index contributed by atoms with van der Waals surface area (Å²) < 4.78 is 11.2. The molecule has 0 radical (unpaired) electrons. The Balaban J connectivity index is 1.79. The Kier molecular flexibility index (Phi) is 4.04. The molecular formula is C18H23NO4. The maximum atomic E-state index is 12.8. The molecule has 0 saturated carbocycles. The minimum Gasteiger partial charge on any atom is -0.492 e. The lowest BCUT2D eigenvalue weighted by Gasteiger charge is -2.34. The molecule has 0 bridgehead atoms. The third-order valence-corrected chi connectivity index (χ3v) is 4.30. The van der Waals surface area contributed by atoms with E-state index in [2.05, 4.69) is 0 Å². The largest absolute Gasteiger partial charge is 0.492 e. The Morgan fingerprint density at radius 3 is 2.78 bits per heavy atom. The van der Waals surface area contributed by atoms with E-state index < -0.39 is 5.60 Å². The molecule has 23 heavy (non-hydrogen) atoms. The van der Waals surface area contributed by atoms with E-state index in [0.717, 1.165) is 12.8 Å². The summed E-state index contributed by atoms with van der Waals surface area (Å²) in [5.74, 6) is 0.378. The molecule has 2 atom stereocenters. The molecule has 124 valence electrons. The van der Waals surface area contributed by atoms with Crippen molar-refractivity contribution in [2.45, 2.75) is 45.3 Å². The molecular weight excluding hydrogens is 294 g/mol. The zero-order valence-corrected chi connectivity index (χ0v) is 13.9. The topological polar surface area (TPSA) is 55.8 Å². The highest BCUT2D eigenvalue weighted by atomic mass is 16.6. The van der Waals surface area contributed by atoms with E-state index in [1.165, 1.54) is 0 Å². The third-order valence-electron chi connectivity index (χ3n) is 4.30. The molecule has 1 amide bonds. The molecule has 1 aromatic carbocycles. The Bertz CT molecular complexity index is 620. The molecule has 1 fully saturated rings. The molecule has 0 unspecified atom stereocenters. The summed E-state index contributed by atoms with van der Waals surface area (Å²) in [5, 5.41) is 0. The molecule has 2 aliphatic rings. The SMILES string of the molecule is CC(C)(C)OC(=O)N1CCC[C@@H]1[C@@H]1COc2ccccc2C1=O. The number of ketones is 1. The summed E-state index contributed by atoms with van der Waals surface area (Å²) >= 11 is 0. The molecule has 1 aromatic rings. The number of benzene rings is 1. The number of rotatable bonds is 1. The highest BCUT2D eigenvalue weighted by molar-refractivity contribution is 6.01. The second-order valence-electron chi connectivity index (χ2n) is 7.16. The minimum absolute atomic E-state index is 0.0623. The van der Waals surface area contributed by atoms with E-state index in [0.29, 0.717) is 24.5 Å². The van der Waals surface area contributed by atoms with Gasteiger partial charge in [0, 0.05) is 12.6 Å². The van der Waals surface area contributed by atoms with Crippen LogP contribution in [-0.4, -0.2) is 41.6 Å². The molecule has 0 spiro atoms. The smallest absolute Gasteiger partial charge is 0.410 e. The van der Waals surface area contributed by atoms with Gasteiger partial charge in [-0.25, -0.2) is 4.79 Å². The fourth-order valence-corrected chi connectivity index (χ4v) is 3.29. The van der Waals surface area contributed by atoms with Crippen LogP contribution < -0.4 is 4.74 Å². The lowest BCUT2D eigenvalue weighted by molar-refractivity contribution is 0.0150. The highest BCUT2D eigenvalue weighted by Crippen LogP contribution is 2.34. The zero-order chi connectivity index (χ0) is 16.6. The van der Waals surface area contributed by atoms with Crippen LogP contribution in [0.4, 0.5) is 4.79 Å². The first kappa shape index (κ1) is 15.8. The molecule has 0 N–H and O–H groups in total. The van der Waals surface area contributed by atoms with E-state index in [4.69, 9.17) is 9.47 Å². The molecule has 2 aliphatic heterocycles. The number of para-hydroxylation sites is 1. The molecule has 0 aromatic heterocycles. The minimum atomic E-state index is -0.538. The van der Waals surface area contributed by atoms with Crippen LogP contribution in [0.5, 0.6) is 5.75 Å². The zero-order valence-electron chi connectivity index (χ0n) is 13.9. The van der Waals surface area contributed by atoms with Crippen molar-refractivity contribution in [3.05, 3.63) is 29.8 Å². The van der Waals surface area contributed by atoms with Crippen LogP contribution in [0.2, 0.25) is 0 Å². The van der Waals surface area contributed by atoms with Crippen LogP contribution in [0.25, 0.3) is 0 Å². The average Bonchev–Trinajstić information content (AvgIpc) is 2.95. The van der Waals surface area contributed by atoms with Gasteiger partial charge in [0.15, 0.2) is 5.78 Å². The van der Waals surface area contributed by atoms with Crippen molar-refractivity contribution < 1.29 is 19.1 Å². The lowest BCUT2D eigenvalue weighted by atomic mass is 9.88. The third kappa shape index (κ3) is 3.19. The van der Waals surface area contributed by atoms with Crippen molar-refractivity contribution in [3.8, 4) is 5.75 Å². The van der Waals surface area contributed by atoms with Crippen molar-refractivity contribution in [1.82, 2.24) is 4.90 Å². The van der Waals surface area contributed by atoms with E-state index in [9.17, 15) is 9.59 Å². The monoisotopic (exact) mass is 317 g/mol. The Morgan fingerprint density at radius 2 is 2.04 bits per heavy atom.